The van der Waals surface area contributed by atoms with Crippen LogP contribution < -0.4 is 15.0 Å². The molecule has 10 heteroatoms. The van der Waals surface area contributed by atoms with Gasteiger partial charge in [-0.1, -0.05) is 17.3 Å². The van der Waals surface area contributed by atoms with Crippen LogP contribution in [-0.2, 0) is 4.74 Å². The zero-order valence-corrected chi connectivity index (χ0v) is 20.5. The number of aryl methyl sites for hydroxylation is 2. The van der Waals surface area contributed by atoms with Crippen LogP contribution in [-0.4, -0.2) is 72.8 Å². The van der Waals surface area contributed by atoms with E-state index in [1.165, 1.54) is 0 Å². The van der Waals surface area contributed by atoms with Gasteiger partial charge in [-0.2, -0.15) is 0 Å². The lowest BCUT2D eigenvalue weighted by molar-refractivity contribution is 0.0852. The average Bonchev–Trinajstić information content (AvgIpc) is 3.21. The van der Waals surface area contributed by atoms with Crippen molar-refractivity contribution in [1.82, 2.24) is 20.4 Å². The summed E-state index contributed by atoms with van der Waals surface area (Å²) in [5.74, 6) is 1.11. The topological polar surface area (TPSA) is 106 Å². The van der Waals surface area contributed by atoms with Crippen LogP contribution in [0.1, 0.15) is 24.3 Å². The van der Waals surface area contributed by atoms with Gasteiger partial charge in [0.1, 0.15) is 29.9 Å². The number of halogens is 1. The van der Waals surface area contributed by atoms with Gasteiger partial charge in [-0.25, -0.2) is 14.4 Å². The highest BCUT2D eigenvalue weighted by Gasteiger charge is 2.28. The summed E-state index contributed by atoms with van der Waals surface area (Å²) >= 11 is 0. The van der Waals surface area contributed by atoms with Crippen molar-refractivity contribution in [2.24, 2.45) is 0 Å². The van der Waals surface area contributed by atoms with E-state index in [0.717, 1.165) is 12.8 Å². The Balaban J connectivity index is 1.76. The van der Waals surface area contributed by atoms with Crippen LogP contribution in [0.2, 0.25) is 0 Å². The molecule has 1 atom stereocenters. The summed E-state index contributed by atoms with van der Waals surface area (Å²) in [5.41, 5.74) is 1.90. The van der Waals surface area contributed by atoms with E-state index in [0.29, 0.717) is 53.9 Å². The van der Waals surface area contributed by atoms with Crippen molar-refractivity contribution in [2.45, 2.75) is 38.8 Å². The normalized spacial score (nSPS) is 15.3. The minimum atomic E-state index is -0.642. The SMILES string of the molecule is CNCC(O)COc1cccc(-c2nc(-c3c(C)noc3C)c(F)c(N(C)C3CCOCC3)n2)c1. The first-order valence-corrected chi connectivity index (χ1v) is 11.8. The van der Waals surface area contributed by atoms with E-state index in [4.69, 9.17) is 14.0 Å². The van der Waals surface area contributed by atoms with E-state index in [2.05, 4.69) is 20.4 Å². The highest BCUT2D eigenvalue weighted by atomic mass is 19.1. The van der Waals surface area contributed by atoms with Gasteiger partial charge in [0.15, 0.2) is 17.5 Å². The zero-order chi connectivity index (χ0) is 24.9. The fraction of sp³-hybridized carbons (Fsp3) is 0.480. The number of nitrogens with one attached hydrogen (secondary N) is 1. The molecule has 0 spiro atoms. The fourth-order valence-electron chi connectivity index (χ4n) is 4.24. The number of rotatable bonds is 9. The van der Waals surface area contributed by atoms with Gasteiger partial charge in [0.2, 0.25) is 0 Å². The molecule has 1 aromatic carbocycles. The van der Waals surface area contributed by atoms with Crippen molar-refractivity contribution in [3.05, 3.63) is 41.5 Å². The highest BCUT2D eigenvalue weighted by molar-refractivity contribution is 5.71. The molecule has 9 nitrogen and oxygen atoms in total. The molecule has 1 aliphatic rings. The molecule has 35 heavy (non-hydrogen) atoms. The molecule has 2 N–H and O–H groups in total. The number of aliphatic hydroxyl groups excluding tert-OH is 1. The number of hydrogen-bond acceptors (Lipinski definition) is 9. The summed E-state index contributed by atoms with van der Waals surface area (Å²) in [6.07, 6.45) is 0.930. The van der Waals surface area contributed by atoms with Crippen LogP contribution in [0.25, 0.3) is 22.6 Å². The van der Waals surface area contributed by atoms with Crippen LogP contribution in [0.15, 0.2) is 28.8 Å². The average molecular weight is 486 g/mol. The van der Waals surface area contributed by atoms with E-state index < -0.39 is 11.9 Å². The standard InChI is InChI=1S/C25H32FN5O4/c1-15-21(16(2)35-30-15)23-22(26)25(31(4)18-8-10-33-11-9-18)29-24(28-23)17-6-5-7-20(12-17)34-14-19(32)13-27-3/h5-7,12,18-19,27,32H,8-11,13-14H2,1-4H3. The van der Waals surface area contributed by atoms with Gasteiger partial charge < -0.3 is 29.3 Å². The first kappa shape index (κ1) is 25.0. The Bertz CT molecular complexity index is 1130. The van der Waals surface area contributed by atoms with Crippen LogP contribution in [0, 0.1) is 19.7 Å². The number of likely N-dealkylation sites (N-methyl/N-ethyl adjacent to an activating group) is 1. The summed E-state index contributed by atoms with van der Waals surface area (Å²) in [5, 5.41) is 16.9. The highest BCUT2D eigenvalue weighted by Crippen LogP contribution is 2.35. The second kappa shape index (κ2) is 11.1. The molecule has 2 aromatic heterocycles. The summed E-state index contributed by atoms with van der Waals surface area (Å²) in [7, 11) is 3.62. The maximum Gasteiger partial charge on any atom is 0.192 e. The number of aliphatic hydroxyl groups is 1. The number of nitrogens with zero attached hydrogens (tertiary/aromatic N) is 4. The van der Waals surface area contributed by atoms with Gasteiger partial charge in [0, 0.05) is 38.4 Å². The zero-order valence-electron chi connectivity index (χ0n) is 20.5. The van der Waals surface area contributed by atoms with Crippen LogP contribution in [0.5, 0.6) is 5.75 Å². The third-order valence-electron chi connectivity index (χ3n) is 6.15. The van der Waals surface area contributed by atoms with E-state index in [9.17, 15) is 5.11 Å². The smallest absolute Gasteiger partial charge is 0.192 e. The Morgan fingerprint density at radius 2 is 2.03 bits per heavy atom. The Morgan fingerprint density at radius 1 is 1.26 bits per heavy atom. The third kappa shape index (κ3) is 5.61. The summed E-state index contributed by atoms with van der Waals surface area (Å²) < 4.78 is 32.5. The molecule has 0 aliphatic carbocycles. The van der Waals surface area contributed by atoms with Gasteiger partial charge >= 0.3 is 0 Å². The Morgan fingerprint density at radius 3 is 2.71 bits per heavy atom. The molecule has 188 valence electrons. The van der Waals surface area contributed by atoms with Crippen molar-refractivity contribution < 1.29 is 23.5 Å². The first-order chi connectivity index (χ1) is 16.9. The molecule has 0 radical (unpaired) electrons. The van der Waals surface area contributed by atoms with Crippen molar-refractivity contribution >= 4 is 5.82 Å². The molecule has 0 amide bonds. The third-order valence-corrected chi connectivity index (χ3v) is 6.15. The molecule has 3 heterocycles. The van der Waals surface area contributed by atoms with E-state index in [-0.39, 0.29) is 24.2 Å². The Hall–Kier alpha value is -3.08. The molecule has 3 aromatic rings. The van der Waals surface area contributed by atoms with Crippen LogP contribution in [0.4, 0.5) is 10.2 Å². The van der Waals surface area contributed by atoms with Gasteiger partial charge in [-0.3, -0.25) is 0 Å². The minimum Gasteiger partial charge on any atom is -0.491 e. The maximum atomic E-state index is 15.9. The largest absolute Gasteiger partial charge is 0.491 e. The molecule has 1 aliphatic heterocycles. The monoisotopic (exact) mass is 485 g/mol. The molecule has 1 unspecified atom stereocenters. The number of ether oxygens (including phenoxy) is 2. The second-order valence-corrected chi connectivity index (χ2v) is 8.74. The van der Waals surface area contributed by atoms with Gasteiger partial charge in [0.05, 0.1) is 11.3 Å². The summed E-state index contributed by atoms with van der Waals surface area (Å²) in [6.45, 7) is 5.32. The minimum absolute atomic E-state index is 0.0989. The van der Waals surface area contributed by atoms with E-state index in [1.807, 2.05) is 24.1 Å². The maximum absolute atomic E-state index is 15.9. The lowest BCUT2D eigenvalue weighted by Crippen LogP contribution is -2.37. The van der Waals surface area contributed by atoms with Crippen molar-refractivity contribution in [2.75, 3.05) is 45.4 Å². The summed E-state index contributed by atoms with van der Waals surface area (Å²) in [4.78, 5) is 11.1. The summed E-state index contributed by atoms with van der Waals surface area (Å²) in [6, 6.07) is 7.35. The van der Waals surface area contributed by atoms with Gasteiger partial charge in [-0.15, -0.1) is 0 Å². The lowest BCUT2D eigenvalue weighted by atomic mass is 10.1. The molecule has 1 saturated heterocycles. The first-order valence-electron chi connectivity index (χ1n) is 11.8. The van der Waals surface area contributed by atoms with Crippen molar-refractivity contribution in [3.8, 4) is 28.4 Å². The van der Waals surface area contributed by atoms with Crippen molar-refractivity contribution in [1.29, 1.82) is 0 Å². The molecular formula is C25H32FN5O4. The number of hydrogen-bond donors (Lipinski definition) is 2. The van der Waals surface area contributed by atoms with E-state index >= 15 is 4.39 Å². The number of benzene rings is 1. The Kier molecular flexibility index (Phi) is 7.94. The molecular weight excluding hydrogens is 453 g/mol. The van der Waals surface area contributed by atoms with Gasteiger partial charge in [0.25, 0.3) is 0 Å². The number of aromatic nitrogens is 3. The van der Waals surface area contributed by atoms with Crippen LogP contribution >= 0.6 is 0 Å². The fourth-order valence-corrected chi connectivity index (χ4v) is 4.24. The number of anilines is 1. The predicted molar refractivity (Wildman–Crippen MR) is 130 cm³/mol. The van der Waals surface area contributed by atoms with Crippen LogP contribution in [0.3, 0.4) is 0 Å². The van der Waals surface area contributed by atoms with Gasteiger partial charge in [-0.05, 0) is 45.9 Å². The second-order valence-electron chi connectivity index (χ2n) is 8.74. The molecule has 1 fully saturated rings. The van der Waals surface area contributed by atoms with E-state index in [1.54, 1.807) is 33.0 Å². The molecule has 0 saturated carbocycles. The lowest BCUT2D eigenvalue weighted by Gasteiger charge is -2.32. The quantitative estimate of drug-likeness (QED) is 0.473. The molecule has 0 bridgehead atoms. The van der Waals surface area contributed by atoms with Crippen molar-refractivity contribution in [3.63, 3.8) is 0 Å². The molecule has 4 rings (SSSR count). The predicted octanol–water partition coefficient (Wildman–Crippen LogP) is 3.13. The Labute approximate surface area is 204 Å².